The minimum Gasteiger partial charge on any atom is -0.298 e. The number of nitrogens with zero attached hydrogens (tertiary/aromatic N) is 3. The van der Waals surface area contributed by atoms with Crippen molar-refractivity contribution in [3.8, 4) is 0 Å². The molecule has 0 spiro atoms. The van der Waals surface area contributed by atoms with Gasteiger partial charge in [-0.15, -0.1) is 0 Å². The summed E-state index contributed by atoms with van der Waals surface area (Å²) in [4.78, 5) is 2.20. The average molecular weight is 298 g/mol. The summed E-state index contributed by atoms with van der Waals surface area (Å²) in [6.07, 6.45) is 3.43. The van der Waals surface area contributed by atoms with E-state index in [4.69, 9.17) is 11.6 Å². The molecular formula is C14H14ClF2N3. The lowest BCUT2D eigenvalue weighted by molar-refractivity contribution is 0.0776. The maximum Gasteiger partial charge on any atom is 0.159 e. The summed E-state index contributed by atoms with van der Waals surface area (Å²) in [6.45, 7) is 3.33. The van der Waals surface area contributed by atoms with Gasteiger partial charge in [0, 0.05) is 38.3 Å². The van der Waals surface area contributed by atoms with E-state index in [-0.39, 0.29) is 0 Å². The molecule has 1 aliphatic rings. The van der Waals surface area contributed by atoms with Crippen LogP contribution in [0, 0.1) is 17.6 Å². The molecule has 6 heteroatoms. The van der Waals surface area contributed by atoms with Gasteiger partial charge in [0.15, 0.2) is 11.6 Å². The van der Waals surface area contributed by atoms with Crippen LogP contribution in [0.5, 0.6) is 0 Å². The summed E-state index contributed by atoms with van der Waals surface area (Å²) in [5, 5.41) is 4.78. The zero-order valence-electron chi connectivity index (χ0n) is 10.8. The Bertz CT molecular complexity index is 608. The fourth-order valence-electron chi connectivity index (χ4n) is 2.52. The van der Waals surface area contributed by atoms with Crippen molar-refractivity contribution >= 4 is 11.6 Å². The van der Waals surface area contributed by atoms with E-state index in [1.807, 2.05) is 4.68 Å². The highest BCUT2D eigenvalue weighted by atomic mass is 35.5. The van der Waals surface area contributed by atoms with Gasteiger partial charge in [0.05, 0.1) is 11.2 Å². The Kier molecular flexibility index (Phi) is 3.72. The van der Waals surface area contributed by atoms with E-state index in [0.29, 0.717) is 17.5 Å². The normalized spacial score (nSPS) is 16.4. The molecule has 2 aromatic rings. The number of hydrogen-bond acceptors (Lipinski definition) is 2. The first-order chi connectivity index (χ1) is 9.60. The van der Waals surface area contributed by atoms with E-state index in [9.17, 15) is 8.78 Å². The third-order valence-corrected chi connectivity index (χ3v) is 3.67. The summed E-state index contributed by atoms with van der Waals surface area (Å²) in [5.74, 6) is -1.06. The quantitative estimate of drug-likeness (QED) is 0.865. The second-order valence-electron chi connectivity index (χ2n) is 5.19. The molecule has 2 heterocycles. The highest BCUT2D eigenvalue weighted by Gasteiger charge is 2.27. The van der Waals surface area contributed by atoms with E-state index < -0.39 is 11.6 Å². The molecule has 0 N–H and O–H groups in total. The minimum atomic E-state index is -0.800. The van der Waals surface area contributed by atoms with Crippen molar-refractivity contribution < 1.29 is 8.78 Å². The molecule has 1 saturated heterocycles. The van der Waals surface area contributed by atoms with Crippen LogP contribution in [0.3, 0.4) is 0 Å². The molecule has 0 radical (unpaired) electrons. The van der Waals surface area contributed by atoms with Gasteiger partial charge in [-0.2, -0.15) is 5.10 Å². The van der Waals surface area contributed by atoms with Crippen molar-refractivity contribution in [2.45, 2.75) is 13.1 Å². The average Bonchev–Trinajstić information content (AvgIpc) is 2.77. The third kappa shape index (κ3) is 2.99. The monoisotopic (exact) mass is 297 g/mol. The van der Waals surface area contributed by atoms with Gasteiger partial charge in [-0.3, -0.25) is 9.58 Å². The highest BCUT2D eigenvalue weighted by molar-refractivity contribution is 6.30. The minimum absolute atomic E-state index is 0.524. The molecule has 106 valence electrons. The number of likely N-dealkylation sites (tertiary alicyclic amines) is 1. The first-order valence-corrected chi connectivity index (χ1v) is 6.82. The van der Waals surface area contributed by atoms with Crippen molar-refractivity contribution in [3.05, 3.63) is 52.8 Å². The first-order valence-electron chi connectivity index (χ1n) is 6.44. The van der Waals surface area contributed by atoms with Gasteiger partial charge in [0.25, 0.3) is 0 Å². The lowest BCUT2D eigenvalue weighted by Crippen LogP contribution is -2.47. The molecule has 0 aliphatic carbocycles. The van der Waals surface area contributed by atoms with Crippen molar-refractivity contribution in [3.63, 3.8) is 0 Å². The van der Waals surface area contributed by atoms with E-state index in [0.717, 1.165) is 25.2 Å². The Labute approximate surface area is 120 Å². The number of benzene rings is 1. The molecule has 1 aromatic heterocycles. The molecule has 0 amide bonds. The summed E-state index contributed by atoms with van der Waals surface area (Å²) in [7, 11) is 0. The van der Waals surface area contributed by atoms with Gasteiger partial charge in [-0.25, -0.2) is 8.78 Å². The lowest BCUT2D eigenvalue weighted by atomic mass is 9.99. The van der Waals surface area contributed by atoms with Crippen LogP contribution >= 0.6 is 11.6 Å². The van der Waals surface area contributed by atoms with E-state index >= 15 is 0 Å². The molecule has 3 rings (SSSR count). The van der Waals surface area contributed by atoms with Gasteiger partial charge >= 0.3 is 0 Å². The van der Waals surface area contributed by atoms with Gasteiger partial charge in [0.2, 0.25) is 0 Å². The summed E-state index contributed by atoms with van der Waals surface area (Å²) in [6, 6.07) is 4.06. The lowest BCUT2D eigenvalue weighted by Gasteiger charge is -2.39. The van der Waals surface area contributed by atoms with Crippen LogP contribution < -0.4 is 0 Å². The molecule has 0 saturated carbocycles. The van der Waals surface area contributed by atoms with Gasteiger partial charge < -0.3 is 0 Å². The van der Waals surface area contributed by atoms with Crippen molar-refractivity contribution in [2.24, 2.45) is 5.92 Å². The maximum atomic E-state index is 13.1. The zero-order chi connectivity index (χ0) is 14.1. The van der Waals surface area contributed by atoms with Crippen LogP contribution in [0.4, 0.5) is 8.78 Å². The predicted molar refractivity (Wildman–Crippen MR) is 72.4 cm³/mol. The Balaban J connectivity index is 1.49. The molecule has 1 aliphatic heterocycles. The summed E-state index contributed by atoms with van der Waals surface area (Å²) >= 11 is 5.81. The number of rotatable bonds is 4. The largest absolute Gasteiger partial charge is 0.298 e. The van der Waals surface area contributed by atoms with Crippen LogP contribution in [0.25, 0.3) is 0 Å². The molecule has 1 fully saturated rings. The Morgan fingerprint density at radius 2 is 2.05 bits per heavy atom. The molecule has 0 unspecified atom stereocenters. The smallest absolute Gasteiger partial charge is 0.159 e. The summed E-state index contributed by atoms with van der Waals surface area (Å²) < 4.78 is 27.8. The molecule has 20 heavy (non-hydrogen) atoms. The Morgan fingerprint density at radius 3 is 2.70 bits per heavy atom. The van der Waals surface area contributed by atoms with E-state index in [2.05, 4.69) is 10.00 Å². The van der Waals surface area contributed by atoms with E-state index in [1.165, 1.54) is 12.1 Å². The highest BCUT2D eigenvalue weighted by Crippen LogP contribution is 2.21. The Morgan fingerprint density at radius 1 is 1.25 bits per heavy atom. The van der Waals surface area contributed by atoms with Crippen LogP contribution in [0.2, 0.25) is 5.02 Å². The predicted octanol–water partition coefficient (Wildman–Crippen LogP) is 2.95. The van der Waals surface area contributed by atoms with Crippen LogP contribution in [-0.2, 0) is 13.1 Å². The number of halogens is 3. The topological polar surface area (TPSA) is 21.1 Å². The molecule has 0 bridgehead atoms. The third-order valence-electron chi connectivity index (χ3n) is 3.47. The second kappa shape index (κ2) is 5.50. The van der Waals surface area contributed by atoms with Crippen molar-refractivity contribution in [2.75, 3.05) is 13.1 Å². The molecule has 3 nitrogen and oxygen atoms in total. The Hall–Kier alpha value is -1.46. The standard InChI is InChI=1S/C14H14ClF2N3/c15-12-4-18-20(9-12)8-11-6-19(7-11)5-10-1-2-13(16)14(17)3-10/h1-4,9,11H,5-8H2. The summed E-state index contributed by atoms with van der Waals surface area (Å²) in [5.41, 5.74) is 0.796. The molecular weight excluding hydrogens is 284 g/mol. The second-order valence-corrected chi connectivity index (χ2v) is 5.63. The molecule has 1 aromatic carbocycles. The van der Waals surface area contributed by atoms with Crippen LogP contribution in [0.15, 0.2) is 30.6 Å². The van der Waals surface area contributed by atoms with Crippen LogP contribution in [0.1, 0.15) is 5.56 Å². The van der Waals surface area contributed by atoms with Gasteiger partial charge in [-0.05, 0) is 17.7 Å². The van der Waals surface area contributed by atoms with Gasteiger partial charge in [-0.1, -0.05) is 17.7 Å². The van der Waals surface area contributed by atoms with Crippen LogP contribution in [-0.4, -0.2) is 27.8 Å². The van der Waals surface area contributed by atoms with Gasteiger partial charge in [0.1, 0.15) is 0 Å². The van der Waals surface area contributed by atoms with E-state index in [1.54, 1.807) is 18.5 Å². The number of aromatic nitrogens is 2. The molecule has 0 atom stereocenters. The van der Waals surface area contributed by atoms with Crippen molar-refractivity contribution in [1.82, 2.24) is 14.7 Å². The first kappa shape index (κ1) is 13.5. The number of hydrogen-bond donors (Lipinski definition) is 0. The fraction of sp³-hybridized carbons (Fsp3) is 0.357. The maximum absolute atomic E-state index is 13.1. The zero-order valence-corrected chi connectivity index (χ0v) is 11.5. The van der Waals surface area contributed by atoms with Crippen molar-refractivity contribution in [1.29, 1.82) is 0 Å². The fourth-order valence-corrected chi connectivity index (χ4v) is 2.68. The SMILES string of the molecule is Fc1ccc(CN2CC(Cn3cc(Cl)cn3)C2)cc1F.